The Morgan fingerprint density at radius 1 is 1.44 bits per heavy atom. The lowest BCUT2D eigenvalue weighted by molar-refractivity contribution is 0.252. The lowest BCUT2D eigenvalue weighted by atomic mass is 9.69. The van der Waals surface area contributed by atoms with Crippen LogP contribution in [0.15, 0.2) is 22.7 Å². The van der Waals surface area contributed by atoms with E-state index in [9.17, 15) is 0 Å². The lowest BCUT2D eigenvalue weighted by Gasteiger charge is -2.38. The molecule has 4 heteroatoms. The third-order valence-electron chi connectivity index (χ3n) is 3.50. The number of aromatic nitrogens is 1. The molecule has 3 rings (SSSR count). The molecule has 2 aromatic rings. The monoisotopic (exact) mass is 296 g/mol. The van der Waals surface area contributed by atoms with Crippen molar-refractivity contribution < 1.29 is 0 Å². The maximum Gasteiger partial charge on any atom is 0.101 e. The summed E-state index contributed by atoms with van der Waals surface area (Å²) >= 11 is 5.28. The van der Waals surface area contributed by atoms with Crippen molar-refractivity contribution >= 4 is 37.5 Å². The summed E-state index contributed by atoms with van der Waals surface area (Å²) in [6, 6.07) is 6.28. The molecule has 0 spiro atoms. The first-order valence-corrected chi connectivity index (χ1v) is 7.11. The van der Waals surface area contributed by atoms with Gasteiger partial charge in [-0.1, -0.05) is 22.4 Å². The fourth-order valence-corrected chi connectivity index (χ4v) is 3.79. The standard InChI is InChI=1S/C12H13BrN2S/c13-8-2-3-10-9(6-8)15-11(16-10)12(7-14)4-1-5-12/h2-3,6H,1,4-5,7,14H2. The van der Waals surface area contributed by atoms with Gasteiger partial charge in [-0.15, -0.1) is 11.3 Å². The van der Waals surface area contributed by atoms with Gasteiger partial charge in [0.05, 0.1) is 10.2 Å². The second-order valence-electron chi connectivity index (χ2n) is 4.47. The van der Waals surface area contributed by atoms with Crippen LogP contribution >= 0.6 is 27.3 Å². The highest BCUT2D eigenvalue weighted by molar-refractivity contribution is 9.10. The molecule has 1 fully saturated rings. The van der Waals surface area contributed by atoms with E-state index in [4.69, 9.17) is 10.7 Å². The number of thiazole rings is 1. The number of hydrogen-bond acceptors (Lipinski definition) is 3. The Hall–Kier alpha value is -0.450. The number of nitrogens with zero attached hydrogens (tertiary/aromatic N) is 1. The summed E-state index contributed by atoms with van der Waals surface area (Å²) in [7, 11) is 0. The van der Waals surface area contributed by atoms with Crippen molar-refractivity contribution in [3.63, 3.8) is 0 Å². The highest BCUT2D eigenvalue weighted by Gasteiger charge is 2.40. The minimum atomic E-state index is 0.191. The van der Waals surface area contributed by atoms with Gasteiger partial charge in [0, 0.05) is 16.4 Å². The second kappa shape index (κ2) is 3.79. The highest BCUT2D eigenvalue weighted by atomic mass is 79.9. The molecule has 0 unspecified atom stereocenters. The Morgan fingerprint density at radius 2 is 2.25 bits per heavy atom. The summed E-state index contributed by atoms with van der Waals surface area (Å²) in [4.78, 5) is 4.75. The number of nitrogens with two attached hydrogens (primary N) is 1. The van der Waals surface area contributed by atoms with Crippen LogP contribution in [0.4, 0.5) is 0 Å². The van der Waals surface area contributed by atoms with E-state index in [1.54, 1.807) is 11.3 Å². The topological polar surface area (TPSA) is 38.9 Å². The first-order valence-electron chi connectivity index (χ1n) is 5.50. The third kappa shape index (κ3) is 1.51. The molecule has 1 saturated carbocycles. The molecule has 0 saturated heterocycles. The molecule has 1 aromatic carbocycles. The van der Waals surface area contributed by atoms with Crippen molar-refractivity contribution in [1.82, 2.24) is 4.98 Å². The number of benzene rings is 1. The maximum atomic E-state index is 5.91. The Balaban J connectivity index is 2.11. The van der Waals surface area contributed by atoms with E-state index in [1.807, 2.05) is 0 Å². The van der Waals surface area contributed by atoms with Gasteiger partial charge >= 0.3 is 0 Å². The molecule has 1 aliphatic carbocycles. The quantitative estimate of drug-likeness (QED) is 0.922. The zero-order chi connectivity index (χ0) is 11.2. The van der Waals surface area contributed by atoms with E-state index in [-0.39, 0.29) is 5.41 Å². The van der Waals surface area contributed by atoms with Crippen LogP contribution in [-0.2, 0) is 5.41 Å². The summed E-state index contributed by atoms with van der Waals surface area (Å²) in [5, 5.41) is 1.23. The van der Waals surface area contributed by atoms with Crippen LogP contribution in [0.3, 0.4) is 0 Å². The Bertz CT molecular complexity index is 525. The van der Waals surface area contributed by atoms with Crippen LogP contribution in [0, 0.1) is 0 Å². The van der Waals surface area contributed by atoms with E-state index < -0.39 is 0 Å². The fraction of sp³-hybridized carbons (Fsp3) is 0.417. The summed E-state index contributed by atoms with van der Waals surface area (Å²) in [5.74, 6) is 0. The van der Waals surface area contributed by atoms with Crippen molar-refractivity contribution in [1.29, 1.82) is 0 Å². The lowest BCUT2D eigenvalue weighted by Crippen LogP contribution is -2.41. The maximum absolute atomic E-state index is 5.91. The van der Waals surface area contributed by atoms with Gasteiger partial charge in [0.2, 0.25) is 0 Å². The highest BCUT2D eigenvalue weighted by Crippen LogP contribution is 2.45. The van der Waals surface area contributed by atoms with E-state index in [2.05, 4.69) is 34.1 Å². The van der Waals surface area contributed by atoms with Crippen molar-refractivity contribution in [3.05, 3.63) is 27.7 Å². The number of halogens is 1. The number of fused-ring (bicyclic) bond motifs is 1. The predicted molar refractivity (Wildman–Crippen MR) is 71.9 cm³/mol. The first-order chi connectivity index (χ1) is 7.73. The number of rotatable bonds is 2. The van der Waals surface area contributed by atoms with Crippen LogP contribution in [0.25, 0.3) is 10.2 Å². The molecule has 84 valence electrons. The summed E-state index contributed by atoms with van der Waals surface area (Å²) in [6.45, 7) is 0.730. The van der Waals surface area contributed by atoms with Gasteiger partial charge in [-0.2, -0.15) is 0 Å². The third-order valence-corrected chi connectivity index (χ3v) is 5.28. The molecule has 1 aromatic heterocycles. The van der Waals surface area contributed by atoms with E-state index >= 15 is 0 Å². The molecule has 0 radical (unpaired) electrons. The molecule has 1 heterocycles. The van der Waals surface area contributed by atoms with Crippen molar-refractivity contribution in [2.24, 2.45) is 5.73 Å². The Labute approximate surface area is 107 Å². The molecule has 0 aliphatic heterocycles. The van der Waals surface area contributed by atoms with Gasteiger partial charge in [0.1, 0.15) is 5.01 Å². The molecule has 2 nitrogen and oxygen atoms in total. The van der Waals surface area contributed by atoms with Crippen molar-refractivity contribution in [2.45, 2.75) is 24.7 Å². The van der Waals surface area contributed by atoms with Crippen LogP contribution in [0.1, 0.15) is 24.3 Å². The molecular weight excluding hydrogens is 284 g/mol. The van der Waals surface area contributed by atoms with Crippen molar-refractivity contribution in [3.8, 4) is 0 Å². The molecule has 1 aliphatic rings. The van der Waals surface area contributed by atoms with Gasteiger partial charge < -0.3 is 5.73 Å². The minimum absolute atomic E-state index is 0.191. The van der Waals surface area contributed by atoms with Crippen LogP contribution in [-0.4, -0.2) is 11.5 Å². The van der Waals surface area contributed by atoms with E-state index in [0.29, 0.717) is 0 Å². The van der Waals surface area contributed by atoms with Crippen LogP contribution in [0.2, 0.25) is 0 Å². The molecule has 16 heavy (non-hydrogen) atoms. The smallest absolute Gasteiger partial charge is 0.101 e. The first kappa shape index (κ1) is 10.7. The van der Waals surface area contributed by atoms with Gasteiger partial charge in [0.15, 0.2) is 0 Å². The fourth-order valence-electron chi connectivity index (χ4n) is 2.24. The van der Waals surface area contributed by atoms with E-state index in [0.717, 1.165) is 16.5 Å². The van der Waals surface area contributed by atoms with Gasteiger partial charge in [-0.05, 0) is 31.0 Å². The molecule has 2 N–H and O–H groups in total. The van der Waals surface area contributed by atoms with Gasteiger partial charge in [0.25, 0.3) is 0 Å². The van der Waals surface area contributed by atoms with Gasteiger partial charge in [-0.3, -0.25) is 0 Å². The molecule has 0 bridgehead atoms. The average molecular weight is 297 g/mol. The van der Waals surface area contributed by atoms with Crippen LogP contribution in [0.5, 0.6) is 0 Å². The Kier molecular flexibility index (Phi) is 2.53. The zero-order valence-electron chi connectivity index (χ0n) is 8.87. The van der Waals surface area contributed by atoms with Crippen LogP contribution < -0.4 is 5.73 Å². The predicted octanol–water partition coefficient (Wildman–Crippen LogP) is 3.44. The Morgan fingerprint density at radius 3 is 2.88 bits per heavy atom. The SMILES string of the molecule is NCC1(c2nc3cc(Br)ccc3s2)CCC1. The zero-order valence-corrected chi connectivity index (χ0v) is 11.3. The summed E-state index contributed by atoms with van der Waals surface area (Å²) < 4.78 is 2.35. The summed E-state index contributed by atoms with van der Waals surface area (Å²) in [5.41, 5.74) is 7.19. The number of hydrogen-bond donors (Lipinski definition) is 1. The minimum Gasteiger partial charge on any atom is -0.329 e. The molecule has 0 amide bonds. The average Bonchev–Trinajstić information content (AvgIpc) is 2.60. The largest absolute Gasteiger partial charge is 0.329 e. The molecular formula is C12H13BrN2S. The van der Waals surface area contributed by atoms with Gasteiger partial charge in [-0.25, -0.2) is 4.98 Å². The van der Waals surface area contributed by atoms with Crippen molar-refractivity contribution in [2.75, 3.05) is 6.54 Å². The van der Waals surface area contributed by atoms with E-state index in [1.165, 1.54) is 29.0 Å². The molecule has 0 atom stereocenters. The summed E-state index contributed by atoms with van der Waals surface area (Å²) in [6.07, 6.45) is 3.69. The normalized spacial score (nSPS) is 18.6. The second-order valence-corrected chi connectivity index (χ2v) is 6.42.